The molecule has 7 nitrogen and oxygen atoms in total. The summed E-state index contributed by atoms with van der Waals surface area (Å²) >= 11 is 0. The summed E-state index contributed by atoms with van der Waals surface area (Å²) in [4.78, 5) is 29.2. The summed E-state index contributed by atoms with van der Waals surface area (Å²) in [5.41, 5.74) is 0.500. The van der Waals surface area contributed by atoms with Gasteiger partial charge in [0.25, 0.3) is 5.91 Å². The molecular weight excluding hydrogens is 284 g/mol. The Bertz CT molecular complexity index is 696. The zero-order chi connectivity index (χ0) is 15.7. The lowest BCUT2D eigenvalue weighted by molar-refractivity contribution is -0.147. The maximum atomic E-state index is 12.5. The SMILES string of the molecule is C[C@]1(C(=O)O)CCN(C(=O)c2ccc(-n3cncn3)cc2)C1. The van der Waals surface area contributed by atoms with E-state index in [-0.39, 0.29) is 12.5 Å². The molecule has 0 unspecified atom stereocenters. The summed E-state index contributed by atoms with van der Waals surface area (Å²) in [6.07, 6.45) is 3.50. The Balaban J connectivity index is 1.75. The Hall–Kier alpha value is -2.70. The predicted octanol–water partition coefficient (Wildman–Crippen LogP) is 1.20. The molecule has 114 valence electrons. The molecule has 1 atom stereocenters. The highest BCUT2D eigenvalue weighted by Gasteiger charge is 2.42. The van der Waals surface area contributed by atoms with Gasteiger partial charge >= 0.3 is 5.97 Å². The summed E-state index contributed by atoms with van der Waals surface area (Å²) in [5.74, 6) is -1.00. The van der Waals surface area contributed by atoms with Gasteiger partial charge in [-0.25, -0.2) is 9.67 Å². The number of nitrogens with zero attached hydrogens (tertiary/aromatic N) is 4. The average molecular weight is 300 g/mol. The first-order valence-electron chi connectivity index (χ1n) is 6.97. The van der Waals surface area contributed by atoms with E-state index in [1.165, 1.54) is 6.33 Å². The molecule has 2 heterocycles. The summed E-state index contributed by atoms with van der Waals surface area (Å²) in [6.45, 7) is 2.38. The van der Waals surface area contributed by atoms with Crippen molar-refractivity contribution in [3.05, 3.63) is 42.5 Å². The van der Waals surface area contributed by atoms with Crippen LogP contribution in [-0.4, -0.2) is 49.7 Å². The first-order chi connectivity index (χ1) is 10.5. The fourth-order valence-corrected chi connectivity index (χ4v) is 2.59. The zero-order valence-electron chi connectivity index (χ0n) is 12.1. The fourth-order valence-electron chi connectivity index (χ4n) is 2.59. The maximum absolute atomic E-state index is 12.5. The van der Waals surface area contributed by atoms with Crippen molar-refractivity contribution in [3.63, 3.8) is 0 Å². The van der Waals surface area contributed by atoms with Crippen LogP contribution in [0.25, 0.3) is 5.69 Å². The Morgan fingerprint density at radius 2 is 2.00 bits per heavy atom. The van der Waals surface area contributed by atoms with E-state index in [0.29, 0.717) is 18.5 Å². The normalized spacial score (nSPS) is 21.0. The van der Waals surface area contributed by atoms with Gasteiger partial charge in [0, 0.05) is 18.7 Å². The third-order valence-corrected chi connectivity index (χ3v) is 4.07. The molecule has 0 spiro atoms. The van der Waals surface area contributed by atoms with Crippen LogP contribution in [0.4, 0.5) is 0 Å². The van der Waals surface area contributed by atoms with Crippen molar-refractivity contribution >= 4 is 11.9 Å². The van der Waals surface area contributed by atoms with Crippen molar-refractivity contribution in [2.24, 2.45) is 5.41 Å². The quantitative estimate of drug-likeness (QED) is 0.920. The topological polar surface area (TPSA) is 88.3 Å². The number of carbonyl (C=O) groups is 2. The third-order valence-electron chi connectivity index (χ3n) is 4.07. The van der Waals surface area contributed by atoms with Gasteiger partial charge in [0.2, 0.25) is 0 Å². The molecule has 0 bridgehead atoms. The van der Waals surface area contributed by atoms with Crippen molar-refractivity contribution in [2.75, 3.05) is 13.1 Å². The Labute approximate surface area is 127 Å². The van der Waals surface area contributed by atoms with Crippen LogP contribution in [0, 0.1) is 5.41 Å². The lowest BCUT2D eigenvalue weighted by atomic mass is 9.90. The third kappa shape index (κ3) is 2.45. The molecular formula is C15H16N4O3. The number of rotatable bonds is 3. The van der Waals surface area contributed by atoms with E-state index in [4.69, 9.17) is 0 Å². The largest absolute Gasteiger partial charge is 0.481 e. The molecule has 0 radical (unpaired) electrons. The predicted molar refractivity (Wildman–Crippen MR) is 77.6 cm³/mol. The number of aromatic nitrogens is 3. The fraction of sp³-hybridized carbons (Fsp3) is 0.333. The van der Waals surface area contributed by atoms with Crippen molar-refractivity contribution < 1.29 is 14.7 Å². The molecule has 1 aliphatic rings. The number of amides is 1. The first kappa shape index (κ1) is 14.2. The molecule has 1 fully saturated rings. The highest BCUT2D eigenvalue weighted by atomic mass is 16.4. The van der Waals surface area contributed by atoms with Crippen LogP contribution in [0.1, 0.15) is 23.7 Å². The molecule has 1 aromatic carbocycles. The van der Waals surface area contributed by atoms with E-state index in [0.717, 1.165) is 5.69 Å². The zero-order valence-corrected chi connectivity index (χ0v) is 12.1. The molecule has 0 aliphatic carbocycles. The lowest BCUT2D eigenvalue weighted by Gasteiger charge is -2.20. The van der Waals surface area contributed by atoms with Gasteiger partial charge in [0.05, 0.1) is 11.1 Å². The number of benzene rings is 1. The summed E-state index contributed by atoms with van der Waals surface area (Å²) in [5, 5.41) is 13.3. The Morgan fingerprint density at radius 3 is 2.55 bits per heavy atom. The second kappa shape index (κ2) is 5.25. The molecule has 1 N–H and O–H groups in total. The van der Waals surface area contributed by atoms with Crippen molar-refractivity contribution in [1.29, 1.82) is 0 Å². The second-order valence-electron chi connectivity index (χ2n) is 5.73. The number of carboxylic acids is 1. The number of hydrogen-bond acceptors (Lipinski definition) is 4. The molecule has 0 saturated carbocycles. The molecule has 2 aromatic rings. The van der Waals surface area contributed by atoms with Crippen LogP contribution in [0.5, 0.6) is 0 Å². The standard InChI is InChI=1S/C15H16N4O3/c1-15(14(21)22)6-7-18(8-15)13(20)11-2-4-12(5-3-11)19-10-16-9-17-19/h2-5,9-10H,6-8H2,1H3,(H,21,22)/t15-/m0/s1. The van der Waals surface area contributed by atoms with E-state index in [1.54, 1.807) is 47.1 Å². The minimum absolute atomic E-state index is 0.143. The Morgan fingerprint density at radius 1 is 1.27 bits per heavy atom. The van der Waals surface area contributed by atoms with Crippen LogP contribution in [0.3, 0.4) is 0 Å². The smallest absolute Gasteiger partial charge is 0.311 e. The molecule has 1 saturated heterocycles. The number of carbonyl (C=O) groups excluding carboxylic acids is 1. The highest BCUT2D eigenvalue weighted by Crippen LogP contribution is 2.31. The average Bonchev–Trinajstić information content (AvgIpc) is 3.17. The molecule has 1 aliphatic heterocycles. The molecule has 3 rings (SSSR count). The number of likely N-dealkylation sites (tertiary alicyclic amines) is 1. The number of carboxylic acid groups (broad SMARTS) is 1. The van der Waals surface area contributed by atoms with Crippen LogP contribution < -0.4 is 0 Å². The first-order valence-corrected chi connectivity index (χ1v) is 6.97. The van der Waals surface area contributed by atoms with Crippen LogP contribution >= 0.6 is 0 Å². The maximum Gasteiger partial charge on any atom is 0.311 e. The van der Waals surface area contributed by atoms with Gasteiger partial charge in [-0.05, 0) is 37.6 Å². The van der Waals surface area contributed by atoms with E-state index in [9.17, 15) is 14.7 Å². The molecule has 1 aromatic heterocycles. The summed E-state index contributed by atoms with van der Waals surface area (Å²) in [7, 11) is 0. The summed E-state index contributed by atoms with van der Waals surface area (Å²) in [6, 6.07) is 7.01. The van der Waals surface area contributed by atoms with Gasteiger partial charge in [0.15, 0.2) is 0 Å². The molecule has 7 heteroatoms. The van der Waals surface area contributed by atoms with Gasteiger partial charge < -0.3 is 10.0 Å². The monoisotopic (exact) mass is 300 g/mol. The molecule has 1 amide bonds. The van der Waals surface area contributed by atoms with Gasteiger partial charge in [-0.15, -0.1) is 0 Å². The summed E-state index contributed by atoms with van der Waals surface area (Å²) < 4.78 is 1.60. The Kier molecular flexibility index (Phi) is 3.40. The van der Waals surface area contributed by atoms with Gasteiger partial charge in [-0.1, -0.05) is 0 Å². The van der Waals surface area contributed by atoms with Gasteiger partial charge in [-0.3, -0.25) is 9.59 Å². The minimum atomic E-state index is -0.857. The van der Waals surface area contributed by atoms with Gasteiger partial charge in [0.1, 0.15) is 12.7 Å². The number of hydrogen-bond donors (Lipinski definition) is 1. The number of aliphatic carboxylic acids is 1. The van der Waals surface area contributed by atoms with E-state index in [1.807, 2.05) is 0 Å². The van der Waals surface area contributed by atoms with Gasteiger partial charge in [-0.2, -0.15) is 5.10 Å². The van der Waals surface area contributed by atoms with Crippen molar-refractivity contribution in [1.82, 2.24) is 19.7 Å². The lowest BCUT2D eigenvalue weighted by Crippen LogP contribution is -2.34. The van der Waals surface area contributed by atoms with E-state index < -0.39 is 11.4 Å². The van der Waals surface area contributed by atoms with E-state index in [2.05, 4.69) is 10.1 Å². The highest BCUT2D eigenvalue weighted by molar-refractivity contribution is 5.95. The van der Waals surface area contributed by atoms with Crippen molar-refractivity contribution in [3.8, 4) is 5.69 Å². The van der Waals surface area contributed by atoms with Crippen LogP contribution in [0.2, 0.25) is 0 Å². The minimum Gasteiger partial charge on any atom is -0.481 e. The molecule has 22 heavy (non-hydrogen) atoms. The van der Waals surface area contributed by atoms with E-state index >= 15 is 0 Å². The van der Waals surface area contributed by atoms with Crippen LogP contribution in [-0.2, 0) is 4.79 Å². The van der Waals surface area contributed by atoms with Crippen LogP contribution in [0.15, 0.2) is 36.9 Å². The van der Waals surface area contributed by atoms with Crippen molar-refractivity contribution in [2.45, 2.75) is 13.3 Å². The second-order valence-corrected chi connectivity index (χ2v) is 5.73.